The molecular weight excluding hydrogens is 248 g/mol. The number of fused-ring (bicyclic) bond motifs is 1. The maximum atomic E-state index is 4.74. The van der Waals surface area contributed by atoms with Crippen LogP contribution in [0.5, 0.6) is 0 Å². The summed E-state index contributed by atoms with van der Waals surface area (Å²) in [5.74, 6) is 1.76. The number of amidine groups is 1. The maximum absolute atomic E-state index is 4.74. The Kier molecular flexibility index (Phi) is 2.52. The van der Waals surface area contributed by atoms with Crippen molar-refractivity contribution < 1.29 is 0 Å². The number of imidazole rings is 1. The molecule has 1 aliphatic rings. The van der Waals surface area contributed by atoms with Crippen molar-refractivity contribution in [3.63, 3.8) is 0 Å². The SMILES string of the molecule is c1ccc(-n2c(C3=NCCN3)nc3ccccc32)cc1. The number of hydrogen-bond donors (Lipinski definition) is 1. The second-order valence-corrected chi connectivity index (χ2v) is 4.75. The summed E-state index contributed by atoms with van der Waals surface area (Å²) in [6.07, 6.45) is 0. The van der Waals surface area contributed by atoms with Crippen LogP contribution in [-0.4, -0.2) is 28.5 Å². The number of rotatable bonds is 2. The lowest BCUT2D eigenvalue weighted by Crippen LogP contribution is -2.23. The third kappa shape index (κ3) is 1.69. The van der Waals surface area contributed by atoms with Gasteiger partial charge in [0.05, 0.1) is 17.6 Å². The molecule has 0 aliphatic carbocycles. The zero-order valence-corrected chi connectivity index (χ0v) is 11.0. The van der Waals surface area contributed by atoms with Crippen LogP contribution < -0.4 is 5.32 Å². The largest absolute Gasteiger partial charge is 0.365 e. The van der Waals surface area contributed by atoms with Gasteiger partial charge >= 0.3 is 0 Å². The van der Waals surface area contributed by atoms with E-state index in [1.54, 1.807) is 0 Å². The third-order valence-corrected chi connectivity index (χ3v) is 3.46. The highest BCUT2D eigenvalue weighted by Crippen LogP contribution is 2.21. The van der Waals surface area contributed by atoms with E-state index >= 15 is 0 Å². The Morgan fingerprint density at radius 2 is 1.75 bits per heavy atom. The number of aromatic nitrogens is 2. The number of para-hydroxylation sites is 3. The Labute approximate surface area is 116 Å². The fourth-order valence-electron chi connectivity index (χ4n) is 2.57. The minimum atomic E-state index is 0.813. The molecule has 1 aliphatic heterocycles. The predicted octanol–water partition coefficient (Wildman–Crippen LogP) is 2.38. The molecule has 0 saturated heterocycles. The smallest absolute Gasteiger partial charge is 0.181 e. The van der Waals surface area contributed by atoms with E-state index in [1.165, 1.54) is 0 Å². The summed E-state index contributed by atoms with van der Waals surface area (Å²) in [6, 6.07) is 18.5. The summed E-state index contributed by atoms with van der Waals surface area (Å²) in [6.45, 7) is 1.70. The Morgan fingerprint density at radius 3 is 2.55 bits per heavy atom. The monoisotopic (exact) mass is 262 g/mol. The van der Waals surface area contributed by atoms with Crippen LogP contribution in [0.3, 0.4) is 0 Å². The van der Waals surface area contributed by atoms with E-state index < -0.39 is 0 Å². The Bertz CT molecular complexity index is 787. The highest BCUT2D eigenvalue weighted by atomic mass is 15.2. The van der Waals surface area contributed by atoms with Gasteiger partial charge in [-0.3, -0.25) is 9.56 Å². The van der Waals surface area contributed by atoms with Gasteiger partial charge in [0, 0.05) is 12.2 Å². The van der Waals surface area contributed by atoms with Crippen LogP contribution in [0.4, 0.5) is 0 Å². The van der Waals surface area contributed by atoms with Crippen LogP contribution in [-0.2, 0) is 0 Å². The molecule has 0 atom stereocenters. The molecule has 20 heavy (non-hydrogen) atoms. The summed E-state index contributed by atoms with van der Waals surface area (Å²) in [5.41, 5.74) is 3.19. The second-order valence-electron chi connectivity index (χ2n) is 4.75. The molecular formula is C16H14N4. The summed E-state index contributed by atoms with van der Waals surface area (Å²) < 4.78 is 2.16. The van der Waals surface area contributed by atoms with E-state index in [0.717, 1.165) is 41.5 Å². The van der Waals surface area contributed by atoms with Crippen LogP contribution >= 0.6 is 0 Å². The first kappa shape index (κ1) is 11.2. The number of benzene rings is 2. The lowest BCUT2D eigenvalue weighted by atomic mass is 10.3. The highest BCUT2D eigenvalue weighted by molar-refractivity contribution is 6.00. The van der Waals surface area contributed by atoms with Crippen molar-refractivity contribution in [3.05, 3.63) is 60.4 Å². The van der Waals surface area contributed by atoms with Crippen molar-refractivity contribution in [1.29, 1.82) is 0 Å². The first-order valence-corrected chi connectivity index (χ1v) is 6.75. The fraction of sp³-hybridized carbons (Fsp3) is 0.125. The van der Waals surface area contributed by atoms with E-state index in [1.807, 2.05) is 36.4 Å². The summed E-state index contributed by atoms with van der Waals surface area (Å²) in [5, 5.41) is 3.31. The van der Waals surface area contributed by atoms with Gasteiger partial charge in [-0.15, -0.1) is 0 Å². The molecule has 0 saturated carbocycles. The minimum Gasteiger partial charge on any atom is -0.365 e. The van der Waals surface area contributed by atoms with E-state index in [2.05, 4.69) is 33.1 Å². The molecule has 0 fully saturated rings. The summed E-state index contributed by atoms with van der Waals surface area (Å²) in [4.78, 5) is 9.25. The van der Waals surface area contributed by atoms with Gasteiger partial charge in [-0.25, -0.2) is 4.98 Å². The van der Waals surface area contributed by atoms with Crippen molar-refractivity contribution >= 4 is 16.9 Å². The first-order chi connectivity index (χ1) is 9.93. The number of aliphatic imine (C=N–C) groups is 1. The summed E-state index contributed by atoms with van der Waals surface area (Å²) in [7, 11) is 0. The molecule has 4 heteroatoms. The van der Waals surface area contributed by atoms with Gasteiger partial charge in [0.1, 0.15) is 0 Å². The number of nitrogens with zero attached hydrogens (tertiary/aromatic N) is 3. The van der Waals surface area contributed by atoms with Gasteiger partial charge in [0.2, 0.25) is 0 Å². The Morgan fingerprint density at radius 1 is 0.950 bits per heavy atom. The van der Waals surface area contributed by atoms with Crippen molar-refractivity contribution in [3.8, 4) is 5.69 Å². The van der Waals surface area contributed by atoms with Crippen LogP contribution in [0.1, 0.15) is 5.82 Å². The molecule has 4 rings (SSSR count). The van der Waals surface area contributed by atoms with Crippen LogP contribution in [0, 0.1) is 0 Å². The van der Waals surface area contributed by atoms with Gasteiger partial charge in [0.25, 0.3) is 0 Å². The molecule has 98 valence electrons. The van der Waals surface area contributed by atoms with Crippen LogP contribution in [0.2, 0.25) is 0 Å². The lowest BCUT2D eigenvalue weighted by Gasteiger charge is -2.09. The molecule has 2 aromatic carbocycles. The first-order valence-electron chi connectivity index (χ1n) is 6.75. The van der Waals surface area contributed by atoms with Crippen molar-refractivity contribution in [2.24, 2.45) is 4.99 Å². The lowest BCUT2D eigenvalue weighted by molar-refractivity contribution is 0.951. The molecule has 0 amide bonds. The second kappa shape index (κ2) is 4.49. The summed E-state index contributed by atoms with van der Waals surface area (Å²) >= 11 is 0. The molecule has 0 bridgehead atoms. The van der Waals surface area contributed by atoms with E-state index in [4.69, 9.17) is 4.98 Å². The standard InChI is InChI=1S/C16H14N4/c1-2-6-12(7-3-1)20-14-9-5-4-8-13(14)19-16(20)15-17-10-11-18-15/h1-9H,10-11H2,(H,17,18). The van der Waals surface area contributed by atoms with E-state index in [-0.39, 0.29) is 0 Å². The minimum absolute atomic E-state index is 0.813. The Hall–Kier alpha value is -2.62. The predicted molar refractivity (Wildman–Crippen MR) is 80.5 cm³/mol. The zero-order valence-electron chi connectivity index (χ0n) is 11.0. The molecule has 0 spiro atoms. The van der Waals surface area contributed by atoms with Crippen molar-refractivity contribution in [2.75, 3.05) is 13.1 Å². The number of hydrogen-bond acceptors (Lipinski definition) is 3. The van der Waals surface area contributed by atoms with Gasteiger partial charge in [-0.05, 0) is 24.3 Å². The van der Waals surface area contributed by atoms with Crippen molar-refractivity contribution in [2.45, 2.75) is 0 Å². The maximum Gasteiger partial charge on any atom is 0.181 e. The van der Waals surface area contributed by atoms with Crippen molar-refractivity contribution in [1.82, 2.24) is 14.9 Å². The topological polar surface area (TPSA) is 42.2 Å². The molecule has 2 heterocycles. The molecule has 1 aromatic heterocycles. The van der Waals surface area contributed by atoms with Gasteiger partial charge < -0.3 is 5.32 Å². The highest BCUT2D eigenvalue weighted by Gasteiger charge is 2.18. The Balaban J connectivity index is 2.03. The van der Waals surface area contributed by atoms with Crippen LogP contribution in [0.25, 0.3) is 16.7 Å². The quantitative estimate of drug-likeness (QED) is 0.770. The molecule has 0 radical (unpaired) electrons. The average molecular weight is 262 g/mol. The van der Waals surface area contributed by atoms with E-state index in [0.29, 0.717) is 0 Å². The number of nitrogens with one attached hydrogen (secondary N) is 1. The molecule has 4 nitrogen and oxygen atoms in total. The fourth-order valence-corrected chi connectivity index (χ4v) is 2.57. The van der Waals surface area contributed by atoms with Gasteiger partial charge in [-0.1, -0.05) is 30.3 Å². The molecule has 0 unspecified atom stereocenters. The zero-order chi connectivity index (χ0) is 13.4. The normalized spacial score (nSPS) is 14.3. The average Bonchev–Trinajstić information content (AvgIpc) is 3.15. The van der Waals surface area contributed by atoms with Crippen LogP contribution in [0.15, 0.2) is 59.6 Å². The van der Waals surface area contributed by atoms with E-state index in [9.17, 15) is 0 Å². The third-order valence-electron chi connectivity index (χ3n) is 3.46. The van der Waals surface area contributed by atoms with Gasteiger partial charge in [-0.2, -0.15) is 0 Å². The van der Waals surface area contributed by atoms with Gasteiger partial charge in [0.15, 0.2) is 11.7 Å². The molecule has 3 aromatic rings. The molecule has 1 N–H and O–H groups in total.